The van der Waals surface area contributed by atoms with Crippen LogP contribution < -0.4 is 10.6 Å². The molecular weight excluding hydrogens is 388 g/mol. The van der Waals surface area contributed by atoms with Crippen LogP contribution in [0.2, 0.25) is 0 Å². The predicted molar refractivity (Wildman–Crippen MR) is 120 cm³/mol. The molecule has 7 heteroatoms. The molecular formula is C21H22N4OS2. The summed E-state index contributed by atoms with van der Waals surface area (Å²) < 4.78 is 5.48. The molecule has 1 aliphatic rings. The number of benzene rings is 2. The van der Waals surface area contributed by atoms with Gasteiger partial charge in [-0.3, -0.25) is 4.90 Å². The van der Waals surface area contributed by atoms with Crippen LogP contribution in [-0.2, 0) is 11.3 Å². The minimum atomic E-state index is 0.539. The number of ether oxygens (including phenoxy) is 1. The number of hydrogen-bond acceptors (Lipinski definition) is 5. The lowest BCUT2D eigenvalue weighted by atomic mass is 10.1. The Morgan fingerprint density at radius 2 is 1.68 bits per heavy atom. The number of nitrogens with zero attached hydrogens (tertiary/aromatic N) is 2. The summed E-state index contributed by atoms with van der Waals surface area (Å²) in [6.45, 7) is 4.34. The third-order valence-corrected chi connectivity index (χ3v) is 5.63. The number of rotatable bonds is 5. The van der Waals surface area contributed by atoms with Crippen LogP contribution in [0, 0.1) is 0 Å². The molecule has 0 unspecified atom stereocenters. The fourth-order valence-electron chi connectivity index (χ4n) is 3.08. The van der Waals surface area contributed by atoms with Crippen LogP contribution in [0.1, 0.15) is 4.88 Å². The molecule has 1 fully saturated rings. The van der Waals surface area contributed by atoms with Gasteiger partial charge >= 0.3 is 0 Å². The number of thiazole rings is 1. The van der Waals surface area contributed by atoms with Crippen LogP contribution in [0.25, 0.3) is 11.3 Å². The average Bonchev–Trinajstić information content (AvgIpc) is 3.12. The van der Waals surface area contributed by atoms with Gasteiger partial charge < -0.3 is 15.4 Å². The number of hydrogen-bond donors (Lipinski definition) is 2. The zero-order valence-electron chi connectivity index (χ0n) is 15.4. The van der Waals surface area contributed by atoms with E-state index in [2.05, 4.69) is 27.7 Å². The highest BCUT2D eigenvalue weighted by Gasteiger charge is 2.18. The monoisotopic (exact) mass is 410 g/mol. The van der Waals surface area contributed by atoms with E-state index in [1.807, 2.05) is 48.5 Å². The van der Waals surface area contributed by atoms with Crippen molar-refractivity contribution in [1.29, 1.82) is 0 Å². The maximum Gasteiger partial charge on any atom is 0.189 e. The molecule has 1 aromatic heterocycles. The normalized spacial score (nSPS) is 14.6. The van der Waals surface area contributed by atoms with Crippen LogP contribution >= 0.6 is 23.6 Å². The highest BCUT2D eigenvalue weighted by molar-refractivity contribution is 7.80. The zero-order valence-corrected chi connectivity index (χ0v) is 17.1. The van der Waals surface area contributed by atoms with Crippen molar-refractivity contribution in [3.05, 3.63) is 65.5 Å². The van der Waals surface area contributed by atoms with Crippen molar-refractivity contribution in [3.8, 4) is 11.3 Å². The number of nitrogens with one attached hydrogen (secondary N) is 2. The minimum Gasteiger partial charge on any atom is -0.379 e. The largest absolute Gasteiger partial charge is 0.379 e. The zero-order chi connectivity index (χ0) is 19.2. The van der Waals surface area contributed by atoms with Gasteiger partial charge in [-0.1, -0.05) is 59.9 Å². The molecule has 0 bridgehead atoms. The number of anilines is 2. The molecule has 0 spiro atoms. The second-order valence-electron chi connectivity index (χ2n) is 6.49. The molecule has 0 amide bonds. The van der Waals surface area contributed by atoms with Crippen LogP contribution in [-0.4, -0.2) is 41.3 Å². The summed E-state index contributed by atoms with van der Waals surface area (Å²) in [6.07, 6.45) is 0. The molecule has 0 saturated carbocycles. The maximum atomic E-state index is 5.48. The molecule has 144 valence electrons. The van der Waals surface area contributed by atoms with Crippen molar-refractivity contribution in [2.45, 2.75) is 6.54 Å². The SMILES string of the molecule is S=C(Nc1ccccc1)Nc1nc(-c2ccccc2)c(CN2CCOCC2)s1. The van der Waals surface area contributed by atoms with Gasteiger partial charge in [0.2, 0.25) is 0 Å². The Morgan fingerprint density at radius 3 is 2.39 bits per heavy atom. The van der Waals surface area contributed by atoms with E-state index in [0.717, 1.165) is 54.9 Å². The maximum absolute atomic E-state index is 5.48. The van der Waals surface area contributed by atoms with E-state index >= 15 is 0 Å². The number of para-hydroxylation sites is 1. The van der Waals surface area contributed by atoms with Crippen molar-refractivity contribution in [2.75, 3.05) is 36.9 Å². The lowest BCUT2D eigenvalue weighted by Gasteiger charge is -2.26. The number of morpholine rings is 1. The van der Waals surface area contributed by atoms with Gasteiger partial charge in [-0.15, -0.1) is 0 Å². The fraction of sp³-hybridized carbons (Fsp3) is 0.238. The molecule has 1 aliphatic heterocycles. The summed E-state index contributed by atoms with van der Waals surface area (Å²) in [4.78, 5) is 8.49. The van der Waals surface area contributed by atoms with Gasteiger partial charge in [0.1, 0.15) is 0 Å². The average molecular weight is 411 g/mol. The standard InChI is InChI=1S/C21H22N4OS2/c27-20(22-17-9-5-2-6-10-17)24-21-23-19(16-7-3-1-4-8-16)18(28-21)15-25-11-13-26-14-12-25/h1-10H,11-15H2,(H2,22,23,24,27). The number of aromatic nitrogens is 1. The van der Waals surface area contributed by atoms with Crippen molar-refractivity contribution >= 4 is 39.5 Å². The van der Waals surface area contributed by atoms with Gasteiger partial charge in [0, 0.05) is 35.8 Å². The molecule has 5 nitrogen and oxygen atoms in total. The third-order valence-electron chi connectivity index (χ3n) is 4.47. The predicted octanol–water partition coefficient (Wildman–Crippen LogP) is 4.45. The van der Waals surface area contributed by atoms with Crippen LogP contribution in [0.5, 0.6) is 0 Å². The Kier molecular flexibility index (Phi) is 6.28. The van der Waals surface area contributed by atoms with E-state index in [-0.39, 0.29) is 0 Å². The summed E-state index contributed by atoms with van der Waals surface area (Å²) in [7, 11) is 0. The van der Waals surface area contributed by atoms with Gasteiger partial charge in [0.05, 0.1) is 18.9 Å². The van der Waals surface area contributed by atoms with Crippen LogP contribution in [0.15, 0.2) is 60.7 Å². The van der Waals surface area contributed by atoms with Crippen molar-refractivity contribution in [3.63, 3.8) is 0 Å². The molecule has 3 aromatic rings. The van der Waals surface area contributed by atoms with E-state index in [4.69, 9.17) is 21.9 Å². The molecule has 1 saturated heterocycles. The Bertz CT molecular complexity index is 909. The Balaban J connectivity index is 1.53. The second-order valence-corrected chi connectivity index (χ2v) is 7.98. The van der Waals surface area contributed by atoms with E-state index in [1.165, 1.54) is 4.88 Å². The van der Waals surface area contributed by atoms with Crippen LogP contribution in [0.3, 0.4) is 0 Å². The van der Waals surface area contributed by atoms with Crippen molar-refractivity contribution in [2.24, 2.45) is 0 Å². The molecule has 0 atom stereocenters. The van der Waals surface area contributed by atoms with E-state index in [1.54, 1.807) is 11.3 Å². The van der Waals surface area contributed by atoms with E-state index in [9.17, 15) is 0 Å². The first-order valence-electron chi connectivity index (χ1n) is 9.26. The van der Waals surface area contributed by atoms with Gasteiger partial charge in [-0.05, 0) is 24.4 Å². The highest BCUT2D eigenvalue weighted by Crippen LogP contribution is 2.32. The molecule has 2 heterocycles. The van der Waals surface area contributed by atoms with Crippen LogP contribution in [0.4, 0.5) is 10.8 Å². The first-order chi connectivity index (χ1) is 13.8. The van der Waals surface area contributed by atoms with Gasteiger partial charge in [0.15, 0.2) is 10.2 Å². The lowest BCUT2D eigenvalue weighted by Crippen LogP contribution is -2.35. The molecule has 0 aliphatic carbocycles. The van der Waals surface area contributed by atoms with Gasteiger partial charge in [-0.25, -0.2) is 4.98 Å². The summed E-state index contributed by atoms with van der Waals surface area (Å²) >= 11 is 7.12. The Labute approximate surface area is 174 Å². The molecule has 28 heavy (non-hydrogen) atoms. The van der Waals surface area contributed by atoms with Crippen molar-refractivity contribution in [1.82, 2.24) is 9.88 Å². The van der Waals surface area contributed by atoms with Crippen molar-refractivity contribution < 1.29 is 4.74 Å². The smallest absolute Gasteiger partial charge is 0.189 e. The number of thiocarbonyl (C=S) groups is 1. The minimum absolute atomic E-state index is 0.539. The van der Waals surface area contributed by atoms with E-state index in [0.29, 0.717) is 5.11 Å². The third kappa shape index (κ3) is 4.94. The van der Waals surface area contributed by atoms with E-state index < -0.39 is 0 Å². The molecule has 4 rings (SSSR count). The first-order valence-corrected chi connectivity index (χ1v) is 10.5. The Hall–Kier alpha value is -2.32. The van der Waals surface area contributed by atoms with Gasteiger partial charge in [-0.2, -0.15) is 0 Å². The second kappa shape index (κ2) is 9.25. The Morgan fingerprint density at radius 1 is 1.00 bits per heavy atom. The van der Waals surface area contributed by atoms with Gasteiger partial charge in [0.25, 0.3) is 0 Å². The quantitative estimate of drug-likeness (QED) is 0.606. The molecule has 0 radical (unpaired) electrons. The summed E-state index contributed by atoms with van der Waals surface area (Å²) in [5, 5.41) is 7.78. The summed E-state index contributed by atoms with van der Waals surface area (Å²) in [6, 6.07) is 20.2. The highest BCUT2D eigenvalue weighted by atomic mass is 32.1. The molecule has 2 N–H and O–H groups in total. The summed E-state index contributed by atoms with van der Waals surface area (Å²) in [5.74, 6) is 0. The lowest BCUT2D eigenvalue weighted by molar-refractivity contribution is 0.0347. The first kappa shape index (κ1) is 19.0. The summed E-state index contributed by atoms with van der Waals surface area (Å²) in [5.41, 5.74) is 3.09. The topological polar surface area (TPSA) is 49.4 Å². The molecule has 2 aromatic carbocycles. The fourth-order valence-corrected chi connectivity index (χ4v) is 4.39.